The second-order valence-electron chi connectivity index (χ2n) is 3.81. The highest BCUT2D eigenvalue weighted by Crippen LogP contribution is 2.13. The van der Waals surface area contributed by atoms with Crippen molar-refractivity contribution in [1.29, 1.82) is 0 Å². The topological polar surface area (TPSA) is 35.1 Å². The van der Waals surface area contributed by atoms with Gasteiger partial charge in [0.25, 0.3) is 0 Å². The minimum absolute atomic E-state index is 0.149. The molecule has 0 aliphatic carbocycles. The first-order valence-corrected chi connectivity index (χ1v) is 5.21. The fourth-order valence-corrected chi connectivity index (χ4v) is 1.33. The van der Waals surface area contributed by atoms with Crippen molar-refractivity contribution in [2.24, 2.45) is 0 Å². The molecule has 0 saturated heterocycles. The Hall–Kier alpha value is 0.270. The van der Waals surface area contributed by atoms with Crippen molar-refractivity contribution in [3.63, 3.8) is 0 Å². The molecule has 0 aromatic heterocycles. The number of rotatable bonds is 3. The Bertz CT molecular complexity index is 111. The van der Waals surface area contributed by atoms with Crippen LogP contribution in [0.5, 0.6) is 0 Å². The van der Waals surface area contributed by atoms with Crippen LogP contribution in [-0.2, 0) is 11.4 Å². The SMILES string of the molecule is CCC(C)N[S@+]([O-])C(C)(C)C. The van der Waals surface area contributed by atoms with Crippen LogP contribution >= 0.6 is 0 Å². The zero-order valence-electron chi connectivity index (χ0n) is 8.10. The molecule has 2 atom stereocenters. The smallest absolute Gasteiger partial charge is 0.136 e. The number of hydrogen-bond acceptors (Lipinski definition) is 2. The summed E-state index contributed by atoms with van der Waals surface area (Å²) in [5.74, 6) is 0. The van der Waals surface area contributed by atoms with E-state index in [9.17, 15) is 4.55 Å². The Labute approximate surface area is 73.1 Å². The van der Waals surface area contributed by atoms with Crippen LogP contribution in [0.1, 0.15) is 41.0 Å². The Morgan fingerprint density at radius 3 is 2.18 bits per heavy atom. The first-order chi connectivity index (χ1) is 4.88. The first kappa shape index (κ1) is 11.3. The van der Waals surface area contributed by atoms with Crippen molar-refractivity contribution in [2.45, 2.75) is 51.8 Å². The molecule has 0 saturated carbocycles. The van der Waals surface area contributed by atoms with Crippen molar-refractivity contribution < 1.29 is 4.55 Å². The first-order valence-electron chi connectivity index (χ1n) is 4.06. The highest BCUT2D eigenvalue weighted by atomic mass is 32.2. The standard InChI is InChI=1S/C8H19NOS/c1-6-7(2)9-11(10)8(3,4)5/h7,9H,6H2,1-5H3/t7?,11-/m1/s1. The minimum Gasteiger partial charge on any atom is -0.598 e. The largest absolute Gasteiger partial charge is 0.598 e. The summed E-state index contributed by atoms with van der Waals surface area (Å²) in [6.07, 6.45) is 1.02. The second kappa shape index (κ2) is 4.33. The van der Waals surface area contributed by atoms with Crippen LogP contribution in [0.3, 0.4) is 0 Å². The molecule has 0 aliphatic rings. The van der Waals surface area contributed by atoms with Gasteiger partial charge in [-0.05, 0) is 34.1 Å². The molecule has 0 bridgehead atoms. The predicted octanol–water partition coefficient (Wildman–Crippen LogP) is 1.84. The van der Waals surface area contributed by atoms with Crippen molar-refractivity contribution in [3.8, 4) is 0 Å². The van der Waals surface area contributed by atoms with Crippen molar-refractivity contribution in [1.82, 2.24) is 4.72 Å². The number of hydrogen-bond donors (Lipinski definition) is 1. The van der Waals surface area contributed by atoms with Crippen LogP contribution in [0.25, 0.3) is 0 Å². The Morgan fingerprint density at radius 2 is 1.91 bits per heavy atom. The molecule has 2 nitrogen and oxygen atoms in total. The average Bonchev–Trinajstić information content (AvgIpc) is 1.85. The van der Waals surface area contributed by atoms with Gasteiger partial charge in [0.1, 0.15) is 4.75 Å². The van der Waals surface area contributed by atoms with E-state index in [1.54, 1.807) is 0 Å². The molecule has 0 amide bonds. The van der Waals surface area contributed by atoms with Crippen LogP contribution in [0.15, 0.2) is 0 Å². The summed E-state index contributed by atoms with van der Waals surface area (Å²) < 4.78 is 14.3. The molecule has 1 N–H and O–H groups in total. The lowest BCUT2D eigenvalue weighted by atomic mass is 10.3. The average molecular weight is 177 g/mol. The summed E-state index contributed by atoms with van der Waals surface area (Å²) >= 11 is -0.917. The fraction of sp³-hybridized carbons (Fsp3) is 1.00. The lowest BCUT2D eigenvalue weighted by Gasteiger charge is -2.25. The monoisotopic (exact) mass is 177 g/mol. The van der Waals surface area contributed by atoms with Crippen LogP contribution in [0.4, 0.5) is 0 Å². The molecule has 68 valence electrons. The number of nitrogens with one attached hydrogen (secondary N) is 1. The molecule has 11 heavy (non-hydrogen) atoms. The van der Waals surface area contributed by atoms with Gasteiger partial charge in [0.15, 0.2) is 0 Å². The van der Waals surface area contributed by atoms with E-state index in [0.717, 1.165) is 6.42 Å². The summed E-state index contributed by atoms with van der Waals surface area (Å²) in [7, 11) is 0. The molecule has 0 aliphatic heterocycles. The lowest BCUT2D eigenvalue weighted by Crippen LogP contribution is -2.43. The van der Waals surface area contributed by atoms with Crippen molar-refractivity contribution in [2.75, 3.05) is 0 Å². The third-order valence-electron chi connectivity index (χ3n) is 1.48. The molecular formula is C8H19NOS. The molecule has 0 aromatic rings. The van der Waals surface area contributed by atoms with Gasteiger partial charge in [0.05, 0.1) is 0 Å². The van der Waals surface area contributed by atoms with E-state index in [-0.39, 0.29) is 4.75 Å². The maximum absolute atomic E-state index is 11.4. The quantitative estimate of drug-likeness (QED) is 0.668. The van der Waals surface area contributed by atoms with Gasteiger partial charge in [0.2, 0.25) is 0 Å². The molecule has 0 fully saturated rings. The summed E-state index contributed by atoms with van der Waals surface area (Å²) in [4.78, 5) is 0. The van der Waals surface area contributed by atoms with Crippen LogP contribution < -0.4 is 4.72 Å². The summed E-state index contributed by atoms with van der Waals surface area (Å²) in [5.41, 5.74) is 0. The Kier molecular flexibility index (Phi) is 4.44. The van der Waals surface area contributed by atoms with Gasteiger partial charge < -0.3 is 4.55 Å². The van der Waals surface area contributed by atoms with E-state index in [1.165, 1.54) is 0 Å². The zero-order valence-corrected chi connectivity index (χ0v) is 8.92. The third kappa shape index (κ3) is 4.67. The normalized spacial score (nSPS) is 18.0. The predicted molar refractivity (Wildman–Crippen MR) is 50.8 cm³/mol. The molecule has 0 heterocycles. The lowest BCUT2D eigenvalue weighted by molar-refractivity contribution is 0.523. The highest BCUT2D eigenvalue weighted by molar-refractivity contribution is 7.90. The molecule has 0 rings (SSSR count). The van der Waals surface area contributed by atoms with Crippen molar-refractivity contribution >= 4 is 11.4 Å². The van der Waals surface area contributed by atoms with E-state index < -0.39 is 11.4 Å². The summed E-state index contributed by atoms with van der Waals surface area (Å²) in [6, 6.07) is 0.343. The maximum atomic E-state index is 11.4. The molecule has 0 spiro atoms. The van der Waals surface area contributed by atoms with Gasteiger partial charge in [-0.2, -0.15) is 0 Å². The van der Waals surface area contributed by atoms with Gasteiger partial charge in [-0.3, -0.25) is 0 Å². The van der Waals surface area contributed by atoms with Crippen LogP contribution in [0.2, 0.25) is 0 Å². The molecule has 0 radical (unpaired) electrons. The van der Waals surface area contributed by atoms with E-state index in [4.69, 9.17) is 0 Å². The molecular weight excluding hydrogens is 158 g/mol. The molecule has 3 heteroatoms. The van der Waals surface area contributed by atoms with Gasteiger partial charge >= 0.3 is 0 Å². The third-order valence-corrected chi connectivity index (χ3v) is 3.21. The highest BCUT2D eigenvalue weighted by Gasteiger charge is 2.27. The summed E-state index contributed by atoms with van der Waals surface area (Å²) in [5, 5.41) is 0. The van der Waals surface area contributed by atoms with E-state index in [0.29, 0.717) is 6.04 Å². The van der Waals surface area contributed by atoms with Gasteiger partial charge in [-0.25, -0.2) is 0 Å². The van der Waals surface area contributed by atoms with E-state index in [1.807, 2.05) is 27.7 Å². The Balaban J connectivity index is 3.77. The summed E-state index contributed by atoms with van der Waals surface area (Å²) in [6.45, 7) is 10.0. The minimum atomic E-state index is -0.917. The van der Waals surface area contributed by atoms with Crippen LogP contribution in [0, 0.1) is 0 Å². The van der Waals surface area contributed by atoms with Gasteiger partial charge in [0, 0.05) is 17.4 Å². The fourth-order valence-electron chi connectivity index (χ4n) is 0.443. The van der Waals surface area contributed by atoms with Gasteiger partial charge in [-0.1, -0.05) is 6.92 Å². The molecule has 0 aromatic carbocycles. The van der Waals surface area contributed by atoms with E-state index >= 15 is 0 Å². The van der Waals surface area contributed by atoms with Gasteiger partial charge in [-0.15, -0.1) is 4.72 Å². The van der Waals surface area contributed by atoms with E-state index in [2.05, 4.69) is 11.6 Å². The van der Waals surface area contributed by atoms with Crippen LogP contribution in [-0.4, -0.2) is 15.3 Å². The second-order valence-corrected chi connectivity index (χ2v) is 5.81. The Morgan fingerprint density at radius 1 is 1.45 bits per heavy atom. The zero-order chi connectivity index (χ0) is 9.07. The maximum Gasteiger partial charge on any atom is 0.136 e. The molecule has 1 unspecified atom stereocenters. The van der Waals surface area contributed by atoms with Crippen molar-refractivity contribution in [3.05, 3.63) is 0 Å².